The lowest BCUT2D eigenvalue weighted by molar-refractivity contribution is -0.117. The van der Waals surface area contributed by atoms with Crippen molar-refractivity contribution in [3.8, 4) is 0 Å². The lowest BCUT2D eigenvalue weighted by Crippen LogP contribution is -2.39. The number of guanidine groups is 1. The number of nitrogens with zero attached hydrogens (tertiary/aromatic N) is 2. The number of aliphatic imine (C=N–C) groups is 1. The smallest absolute Gasteiger partial charge is 0.248 e. The fraction of sp³-hybridized carbons (Fsp3) is 0.600. The van der Waals surface area contributed by atoms with E-state index in [1.54, 1.807) is 0 Å². The number of hydrogen-bond acceptors (Lipinski definition) is 3. The molecular formula is C20H32N4O2. The highest BCUT2D eigenvalue weighted by molar-refractivity contribution is 5.98. The highest BCUT2D eigenvalue weighted by atomic mass is 16.5. The summed E-state index contributed by atoms with van der Waals surface area (Å²) >= 11 is 0. The van der Waals surface area contributed by atoms with Gasteiger partial charge in [0.25, 0.3) is 0 Å². The fourth-order valence-corrected chi connectivity index (χ4v) is 2.90. The maximum absolute atomic E-state index is 12.5. The maximum atomic E-state index is 12.5. The summed E-state index contributed by atoms with van der Waals surface area (Å²) in [4.78, 5) is 18.8. The number of nitrogens with one attached hydrogen (secondary N) is 2. The summed E-state index contributed by atoms with van der Waals surface area (Å²) in [6, 6.07) is 8.08. The SMILES string of the molecule is CCCCOCCCNC(=NCC(=O)N1CCc2ccccc21)NCC. The standard InChI is InChI=1S/C20H32N4O2/c1-3-5-14-26-15-8-12-22-20(21-4-2)23-16-19(25)24-13-11-17-9-6-7-10-18(17)24/h6-7,9-10H,3-5,8,11-16H2,1-2H3,(H2,21,22,23). The maximum Gasteiger partial charge on any atom is 0.248 e. The van der Waals surface area contributed by atoms with Crippen LogP contribution in [0.15, 0.2) is 29.3 Å². The summed E-state index contributed by atoms with van der Waals surface area (Å²) in [5.74, 6) is 0.719. The van der Waals surface area contributed by atoms with Crippen molar-refractivity contribution in [2.45, 2.75) is 39.5 Å². The van der Waals surface area contributed by atoms with Gasteiger partial charge in [-0.3, -0.25) is 4.79 Å². The molecule has 0 saturated carbocycles. The van der Waals surface area contributed by atoms with Gasteiger partial charge in [0.05, 0.1) is 0 Å². The molecule has 1 aromatic rings. The van der Waals surface area contributed by atoms with Gasteiger partial charge in [-0.05, 0) is 37.8 Å². The van der Waals surface area contributed by atoms with Crippen molar-refractivity contribution >= 4 is 17.6 Å². The molecule has 2 N–H and O–H groups in total. The van der Waals surface area contributed by atoms with Crippen LogP contribution in [-0.2, 0) is 16.0 Å². The van der Waals surface area contributed by atoms with Crippen molar-refractivity contribution in [1.29, 1.82) is 0 Å². The molecule has 0 spiro atoms. The number of hydrogen-bond donors (Lipinski definition) is 2. The molecule has 144 valence electrons. The Bertz CT molecular complexity index is 589. The van der Waals surface area contributed by atoms with Gasteiger partial charge in [-0.1, -0.05) is 31.5 Å². The predicted molar refractivity (Wildman–Crippen MR) is 107 cm³/mol. The highest BCUT2D eigenvalue weighted by Crippen LogP contribution is 2.27. The summed E-state index contributed by atoms with van der Waals surface area (Å²) in [5.41, 5.74) is 2.26. The van der Waals surface area contributed by atoms with Gasteiger partial charge in [0.1, 0.15) is 6.54 Å². The molecule has 0 aliphatic carbocycles. The number of unbranched alkanes of at least 4 members (excludes halogenated alkanes) is 1. The number of amides is 1. The predicted octanol–water partition coefficient (Wildman–Crippen LogP) is 2.34. The first-order chi connectivity index (χ1) is 12.8. The van der Waals surface area contributed by atoms with E-state index < -0.39 is 0 Å². The van der Waals surface area contributed by atoms with Crippen LogP contribution < -0.4 is 15.5 Å². The summed E-state index contributed by atoms with van der Waals surface area (Å²) in [6.45, 7) is 8.18. The Morgan fingerprint density at radius 1 is 1.19 bits per heavy atom. The van der Waals surface area contributed by atoms with Crippen molar-refractivity contribution in [3.63, 3.8) is 0 Å². The monoisotopic (exact) mass is 360 g/mol. The fourth-order valence-electron chi connectivity index (χ4n) is 2.90. The Kier molecular flexibility index (Phi) is 8.96. The first kappa shape index (κ1) is 20.2. The summed E-state index contributed by atoms with van der Waals surface area (Å²) in [6.07, 6.45) is 4.10. The van der Waals surface area contributed by atoms with Crippen molar-refractivity contribution in [2.24, 2.45) is 4.99 Å². The quantitative estimate of drug-likeness (QED) is 0.382. The number of rotatable bonds is 10. The number of carbonyl (C=O) groups is 1. The lowest BCUT2D eigenvalue weighted by Gasteiger charge is -2.17. The number of carbonyl (C=O) groups excluding carboxylic acids is 1. The molecule has 1 aromatic carbocycles. The summed E-state index contributed by atoms with van der Waals surface area (Å²) in [7, 11) is 0. The molecule has 0 bridgehead atoms. The number of benzene rings is 1. The molecule has 0 aromatic heterocycles. The normalized spacial score (nSPS) is 13.6. The molecule has 1 aliphatic rings. The first-order valence-electron chi connectivity index (χ1n) is 9.74. The molecular weight excluding hydrogens is 328 g/mol. The van der Waals surface area contributed by atoms with Crippen LogP contribution in [-0.4, -0.2) is 51.3 Å². The van der Waals surface area contributed by atoms with E-state index in [-0.39, 0.29) is 12.5 Å². The minimum Gasteiger partial charge on any atom is -0.381 e. The lowest BCUT2D eigenvalue weighted by atomic mass is 10.2. The Labute approximate surface area is 157 Å². The molecule has 0 radical (unpaired) electrons. The Hall–Kier alpha value is -2.08. The van der Waals surface area contributed by atoms with Crippen molar-refractivity contribution in [1.82, 2.24) is 10.6 Å². The minimum absolute atomic E-state index is 0.0371. The molecule has 1 amide bonds. The van der Waals surface area contributed by atoms with E-state index in [0.29, 0.717) is 5.96 Å². The van der Waals surface area contributed by atoms with E-state index in [1.165, 1.54) is 5.56 Å². The largest absolute Gasteiger partial charge is 0.381 e. The van der Waals surface area contributed by atoms with Crippen LogP contribution in [0.1, 0.15) is 38.7 Å². The molecule has 0 atom stereocenters. The third-order valence-corrected chi connectivity index (χ3v) is 4.30. The molecule has 0 fully saturated rings. The topological polar surface area (TPSA) is 66.0 Å². The molecule has 26 heavy (non-hydrogen) atoms. The Balaban J connectivity index is 1.76. The number of ether oxygens (including phenoxy) is 1. The van der Waals surface area contributed by atoms with Gasteiger partial charge >= 0.3 is 0 Å². The van der Waals surface area contributed by atoms with Crippen LogP contribution in [0.25, 0.3) is 0 Å². The van der Waals surface area contributed by atoms with E-state index in [2.05, 4.69) is 28.6 Å². The van der Waals surface area contributed by atoms with Gasteiger partial charge in [-0.25, -0.2) is 4.99 Å². The van der Waals surface area contributed by atoms with Crippen molar-refractivity contribution in [2.75, 3.05) is 44.3 Å². The average Bonchev–Trinajstić information content (AvgIpc) is 3.09. The molecule has 1 heterocycles. The first-order valence-corrected chi connectivity index (χ1v) is 9.74. The van der Waals surface area contributed by atoms with Gasteiger partial charge in [0.2, 0.25) is 5.91 Å². The van der Waals surface area contributed by atoms with Crippen molar-refractivity contribution in [3.05, 3.63) is 29.8 Å². The van der Waals surface area contributed by atoms with Gasteiger partial charge in [0, 0.05) is 38.5 Å². The minimum atomic E-state index is 0.0371. The number of anilines is 1. The van der Waals surface area contributed by atoms with Crippen LogP contribution in [0.2, 0.25) is 0 Å². The van der Waals surface area contributed by atoms with Crippen LogP contribution in [0.4, 0.5) is 5.69 Å². The zero-order valence-electron chi connectivity index (χ0n) is 16.1. The van der Waals surface area contributed by atoms with Gasteiger partial charge < -0.3 is 20.3 Å². The van der Waals surface area contributed by atoms with E-state index in [9.17, 15) is 4.79 Å². The van der Waals surface area contributed by atoms with Crippen LogP contribution in [0.3, 0.4) is 0 Å². The van der Waals surface area contributed by atoms with Crippen LogP contribution in [0, 0.1) is 0 Å². The summed E-state index contributed by atoms with van der Waals surface area (Å²) in [5, 5.41) is 6.45. The molecule has 0 saturated heterocycles. The second-order valence-corrected chi connectivity index (χ2v) is 6.37. The van der Waals surface area contributed by atoms with E-state index in [1.807, 2.05) is 30.0 Å². The van der Waals surface area contributed by atoms with Gasteiger partial charge in [0.15, 0.2) is 5.96 Å². The third-order valence-electron chi connectivity index (χ3n) is 4.30. The second-order valence-electron chi connectivity index (χ2n) is 6.37. The third kappa shape index (κ3) is 6.33. The van der Waals surface area contributed by atoms with E-state index >= 15 is 0 Å². The van der Waals surface area contributed by atoms with Crippen LogP contribution >= 0.6 is 0 Å². The Morgan fingerprint density at radius 3 is 2.81 bits per heavy atom. The molecule has 6 heteroatoms. The second kappa shape index (κ2) is 11.5. The number of para-hydroxylation sites is 1. The molecule has 6 nitrogen and oxygen atoms in total. The van der Waals surface area contributed by atoms with Gasteiger partial charge in [-0.2, -0.15) is 0 Å². The number of fused-ring (bicyclic) bond motifs is 1. The zero-order chi connectivity index (χ0) is 18.6. The van der Waals surface area contributed by atoms with E-state index in [0.717, 1.165) is 64.2 Å². The molecule has 2 rings (SSSR count). The van der Waals surface area contributed by atoms with E-state index in [4.69, 9.17) is 4.74 Å². The van der Waals surface area contributed by atoms with Crippen molar-refractivity contribution < 1.29 is 9.53 Å². The summed E-state index contributed by atoms with van der Waals surface area (Å²) < 4.78 is 5.55. The van der Waals surface area contributed by atoms with Crippen LogP contribution in [0.5, 0.6) is 0 Å². The zero-order valence-corrected chi connectivity index (χ0v) is 16.1. The molecule has 0 unspecified atom stereocenters. The molecule has 1 aliphatic heterocycles. The highest BCUT2D eigenvalue weighted by Gasteiger charge is 2.23. The Morgan fingerprint density at radius 2 is 2.00 bits per heavy atom. The van der Waals surface area contributed by atoms with Gasteiger partial charge in [-0.15, -0.1) is 0 Å². The average molecular weight is 361 g/mol.